The molecule has 0 aliphatic carbocycles. The van der Waals surface area contributed by atoms with Crippen molar-refractivity contribution in [1.29, 1.82) is 0 Å². The van der Waals surface area contributed by atoms with Gasteiger partial charge in [0.2, 0.25) is 0 Å². The Kier molecular flexibility index (Phi) is 6.30. The van der Waals surface area contributed by atoms with Crippen LogP contribution in [0.4, 0.5) is 5.69 Å². The molecule has 28 heavy (non-hydrogen) atoms. The molecule has 1 heterocycles. The van der Waals surface area contributed by atoms with Gasteiger partial charge in [0.05, 0.1) is 7.11 Å². The van der Waals surface area contributed by atoms with Gasteiger partial charge in [-0.15, -0.1) is 0 Å². The van der Waals surface area contributed by atoms with E-state index in [-0.39, 0.29) is 22.6 Å². The molecule has 0 saturated carbocycles. The minimum Gasteiger partial charge on any atom is -0.495 e. The van der Waals surface area contributed by atoms with Gasteiger partial charge in [0.15, 0.2) is 0 Å². The second-order valence-electron chi connectivity index (χ2n) is 6.82. The summed E-state index contributed by atoms with van der Waals surface area (Å²) in [7, 11) is -2.53. The number of sulfonamides is 1. The van der Waals surface area contributed by atoms with Crippen LogP contribution in [0.3, 0.4) is 0 Å². The predicted octanol–water partition coefficient (Wildman–Crippen LogP) is 4.27. The summed E-state index contributed by atoms with van der Waals surface area (Å²) < 4.78 is 34.5. The highest BCUT2D eigenvalue weighted by molar-refractivity contribution is 9.10. The summed E-state index contributed by atoms with van der Waals surface area (Å²) in [6.45, 7) is 2.71. The van der Waals surface area contributed by atoms with E-state index in [4.69, 9.17) is 4.74 Å². The summed E-state index contributed by atoms with van der Waals surface area (Å²) in [4.78, 5) is 14.7. The molecular weight excluding hydrogens is 444 g/mol. The summed E-state index contributed by atoms with van der Waals surface area (Å²) in [5, 5.41) is 0. The number of methoxy groups -OCH3 is 1. The van der Waals surface area contributed by atoms with Gasteiger partial charge in [-0.25, -0.2) is 8.42 Å². The van der Waals surface area contributed by atoms with E-state index in [2.05, 4.69) is 20.7 Å². The van der Waals surface area contributed by atoms with Crippen LogP contribution in [0.25, 0.3) is 0 Å². The maximum absolute atomic E-state index is 13.0. The van der Waals surface area contributed by atoms with Crippen LogP contribution in [-0.4, -0.2) is 38.9 Å². The van der Waals surface area contributed by atoms with E-state index in [1.807, 2.05) is 11.8 Å². The van der Waals surface area contributed by atoms with Crippen molar-refractivity contribution >= 4 is 37.5 Å². The molecule has 1 fully saturated rings. The van der Waals surface area contributed by atoms with Gasteiger partial charge in [-0.1, -0.05) is 15.9 Å². The molecule has 1 aliphatic rings. The number of carbonyl (C=O) groups is 1. The lowest BCUT2D eigenvalue weighted by Gasteiger charge is -2.33. The highest BCUT2D eigenvalue weighted by Crippen LogP contribution is 2.29. The first-order chi connectivity index (χ1) is 13.3. The smallest absolute Gasteiger partial charge is 0.265 e. The lowest BCUT2D eigenvalue weighted by molar-refractivity contribution is 0.0635. The zero-order valence-corrected chi connectivity index (χ0v) is 18.2. The van der Waals surface area contributed by atoms with E-state index in [1.165, 1.54) is 19.2 Å². The van der Waals surface area contributed by atoms with Crippen LogP contribution in [0.1, 0.15) is 36.5 Å². The second-order valence-corrected chi connectivity index (χ2v) is 9.39. The third kappa shape index (κ3) is 4.50. The Morgan fingerprint density at radius 2 is 1.89 bits per heavy atom. The molecule has 1 N–H and O–H groups in total. The molecule has 1 atom stereocenters. The first-order valence-corrected chi connectivity index (χ1v) is 11.4. The number of rotatable bonds is 5. The molecule has 1 aliphatic heterocycles. The molecule has 3 rings (SSSR count). The quantitative estimate of drug-likeness (QED) is 0.713. The van der Waals surface area contributed by atoms with Crippen molar-refractivity contribution < 1.29 is 17.9 Å². The number of carbonyl (C=O) groups excluding carboxylic acids is 1. The normalized spacial score (nSPS) is 17.2. The molecule has 2 aromatic rings. The fourth-order valence-electron chi connectivity index (χ4n) is 3.31. The Morgan fingerprint density at radius 3 is 2.54 bits per heavy atom. The summed E-state index contributed by atoms with van der Waals surface area (Å²) >= 11 is 3.32. The third-order valence-electron chi connectivity index (χ3n) is 4.86. The Morgan fingerprint density at radius 1 is 1.18 bits per heavy atom. The number of amides is 1. The van der Waals surface area contributed by atoms with E-state index in [0.717, 1.165) is 23.7 Å². The fourth-order valence-corrected chi connectivity index (χ4v) is 4.83. The van der Waals surface area contributed by atoms with E-state index >= 15 is 0 Å². The third-order valence-corrected chi connectivity index (χ3v) is 6.79. The van der Waals surface area contributed by atoms with E-state index in [0.29, 0.717) is 17.8 Å². The molecule has 150 valence electrons. The van der Waals surface area contributed by atoms with Crippen molar-refractivity contribution in [2.75, 3.05) is 18.4 Å². The topological polar surface area (TPSA) is 75.7 Å². The molecular formula is C20H23BrN2O4S. The lowest BCUT2D eigenvalue weighted by Crippen LogP contribution is -2.42. The number of benzene rings is 2. The van der Waals surface area contributed by atoms with E-state index in [1.54, 1.807) is 30.3 Å². The first-order valence-electron chi connectivity index (χ1n) is 9.09. The molecule has 1 amide bonds. The molecule has 0 aromatic heterocycles. The molecule has 8 heteroatoms. The molecule has 2 aromatic carbocycles. The van der Waals surface area contributed by atoms with Crippen LogP contribution in [-0.2, 0) is 10.0 Å². The van der Waals surface area contributed by atoms with Gasteiger partial charge < -0.3 is 9.64 Å². The molecule has 0 bridgehead atoms. The molecule has 1 saturated heterocycles. The zero-order chi connectivity index (χ0) is 20.3. The summed E-state index contributed by atoms with van der Waals surface area (Å²) in [6.07, 6.45) is 3.02. The fraction of sp³-hybridized carbons (Fsp3) is 0.350. The first kappa shape index (κ1) is 20.7. The second kappa shape index (κ2) is 8.53. The Balaban J connectivity index is 1.94. The van der Waals surface area contributed by atoms with Crippen molar-refractivity contribution in [2.45, 2.75) is 37.1 Å². The van der Waals surface area contributed by atoms with Gasteiger partial charge in [0, 0.05) is 28.3 Å². The van der Waals surface area contributed by atoms with Gasteiger partial charge in [-0.2, -0.15) is 0 Å². The highest BCUT2D eigenvalue weighted by atomic mass is 79.9. The van der Waals surface area contributed by atoms with Crippen molar-refractivity contribution in [2.24, 2.45) is 0 Å². The zero-order valence-electron chi connectivity index (χ0n) is 15.8. The van der Waals surface area contributed by atoms with Crippen LogP contribution >= 0.6 is 15.9 Å². The van der Waals surface area contributed by atoms with Gasteiger partial charge in [-0.3, -0.25) is 9.52 Å². The Hall–Kier alpha value is -2.06. The highest BCUT2D eigenvalue weighted by Gasteiger charge is 2.27. The maximum Gasteiger partial charge on any atom is 0.265 e. The van der Waals surface area contributed by atoms with Crippen LogP contribution in [0.2, 0.25) is 0 Å². The van der Waals surface area contributed by atoms with Crippen LogP contribution in [0.5, 0.6) is 5.75 Å². The average molecular weight is 467 g/mol. The number of ether oxygens (including phenoxy) is 1. The summed E-state index contributed by atoms with van der Waals surface area (Å²) in [5.74, 6) is 0.0304. The monoisotopic (exact) mass is 466 g/mol. The standard InChI is InChI=1S/C20H23BrN2O4S/c1-14-5-3-4-12-23(14)20(24)15-6-11-18(27-2)19(13-15)28(25,26)22-17-9-7-16(21)8-10-17/h6-11,13-14,22H,3-5,12H2,1-2H3. The van der Waals surface area contributed by atoms with E-state index in [9.17, 15) is 13.2 Å². The average Bonchev–Trinajstić information content (AvgIpc) is 2.69. The maximum atomic E-state index is 13.0. The predicted molar refractivity (Wildman–Crippen MR) is 112 cm³/mol. The number of nitrogens with zero attached hydrogens (tertiary/aromatic N) is 1. The summed E-state index contributed by atoms with van der Waals surface area (Å²) in [5.41, 5.74) is 0.761. The summed E-state index contributed by atoms with van der Waals surface area (Å²) in [6, 6.07) is 11.5. The number of halogens is 1. The number of piperidine rings is 1. The van der Waals surface area contributed by atoms with Gasteiger partial charge in [0.1, 0.15) is 10.6 Å². The minimum atomic E-state index is -3.93. The van der Waals surface area contributed by atoms with Crippen LogP contribution < -0.4 is 9.46 Å². The molecule has 6 nitrogen and oxygen atoms in total. The molecule has 1 unspecified atom stereocenters. The number of hydrogen-bond acceptors (Lipinski definition) is 4. The SMILES string of the molecule is COc1ccc(C(=O)N2CCCCC2C)cc1S(=O)(=O)Nc1ccc(Br)cc1. The largest absolute Gasteiger partial charge is 0.495 e. The van der Waals surface area contributed by atoms with Gasteiger partial charge >= 0.3 is 0 Å². The lowest BCUT2D eigenvalue weighted by atomic mass is 10.0. The molecule has 0 spiro atoms. The molecule has 0 radical (unpaired) electrons. The Labute approximate surface area is 174 Å². The minimum absolute atomic E-state index is 0.0616. The van der Waals surface area contributed by atoms with Gasteiger partial charge in [-0.05, 0) is 68.7 Å². The van der Waals surface area contributed by atoms with Crippen molar-refractivity contribution in [3.63, 3.8) is 0 Å². The van der Waals surface area contributed by atoms with Crippen molar-refractivity contribution in [3.05, 3.63) is 52.5 Å². The number of anilines is 1. The number of hydrogen-bond donors (Lipinski definition) is 1. The van der Waals surface area contributed by atoms with Crippen molar-refractivity contribution in [1.82, 2.24) is 4.90 Å². The van der Waals surface area contributed by atoms with Gasteiger partial charge in [0.25, 0.3) is 15.9 Å². The van der Waals surface area contributed by atoms with Crippen LogP contribution in [0, 0.1) is 0 Å². The Bertz CT molecular complexity index is 961. The number of likely N-dealkylation sites (tertiary alicyclic amines) is 1. The van der Waals surface area contributed by atoms with Crippen molar-refractivity contribution in [3.8, 4) is 5.75 Å². The number of nitrogens with one attached hydrogen (secondary N) is 1. The van der Waals surface area contributed by atoms with E-state index < -0.39 is 10.0 Å². The van der Waals surface area contributed by atoms with Crippen LogP contribution in [0.15, 0.2) is 51.8 Å².